The van der Waals surface area contributed by atoms with E-state index in [1.165, 1.54) is 0 Å². The molecule has 120 valence electrons. The standard InChI is InChI=1S/C17H18N2O4/c1-22-14-7-3-12(4-8-14)11-18-16(20)17(21)19-13-5-9-15(23-2)10-6-13/h3-10H,11H2,1-2H3,(H,18,20)(H,19,21). The first kappa shape index (κ1) is 16.4. The molecule has 0 saturated carbocycles. The molecule has 0 bridgehead atoms. The van der Waals surface area contributed by atoms with Crippen molar-refractivity contribution in [3.05, 3.63) is 54.1 Å². The Morgan fingerprint density at radius 2 is 1.35 bits per heavy atom. The van der Waals surface area contributed by atoms with Gasteiger partial charge < -0.3 is 20.1 Å². The lowest BCUT2D eigenvalue weighted by atomic mass is 10.2. The molecular weight excluding hydrogens is 296 g/mol. The highest BCUT2D eigenvalue weighted by Crippen LogP contribution is 2.15. The van der Waals surface area contributed by atoms with Gasteiger partial charge in [0.15, 0.2) is 0 Å². The van der Waals surface area contributed by atoms with E-state index in [4.69, 9.17) is 9.47 Å². The van der Waals surface area contributed by atoms with Gasteiger partial charge in [-0.1, -0.05) is 12.1 Å². The molecule has 2 rings (SSSR count). The molecular formula is C17H18N2O4. The molecule has 0 saturated heterocycles. The van der Waals surface area contributed by atoms with Crippen LogP contribution in [-0.4, -0.2) is 26.0 Å². The van der Waals surface area contributed by atoms with E-state index < -0.39 is 11.8 Å². The van der Waals surface area contributed by atoms with Gasteiger partial charge in [-0.2, -0.15) is 0 Å². The van der Waals surface area contributed by atoms with E-state index in [1.54, 1.807) is 50.6 Å². The fraction of sp³-hybridized carbons (Fsp3) is 0.176. The number of carbonyl (C=O) groups excluding carboxylic acids is 2. The molecule has 0 aliphatic carbocycles. The summed E-state index contributed by atoms with van der Waals surface area (Å²) in [6, 6.07) is 13.9. The van der Waals surface area contributed by atoms with Gasteiger partial charge >= 0.3 is 11.8 Å². The summed E-state index contributed by atoms with van der Waals surface area (Å²) in [7, 11) is 3.14. The number of nitrogens with one attached hydrogen (secondary N) is 2. The summed E-state index contributed by atoms with van der Waals surface area (Å²) < 4.78 is 10.1. The number of benzene rings is 2. The van der Waals surface area contributed by atoms with Crippen molar-refractivity contribution in [2.45, 2.75) is 6.54 Å². The van der Waals surface area contributed by atoms with Gasteiger partial charge in [-0.15, -0.1) is 0 Å². The van der Waals surface area contributed by atoms with E-state index in [-0.39, 0.29) is 6.54 Å². The Labute approximate surface area is 134 Å². The summed E-state index contributed by atoms with van der Waals surface area (Å²) in [6.07, 6.45) is 0. The third kappa shape index (κ3) is 4.74. The number of ether oxygens (including phenoxy) is 2. The van der Waals surface area contributed by atoms with Crippen molar-refractivity contribution in [2.75, 3.05) is 19.5 Å². The van der Waals surface area contributed by atoms with E-state index >= 15 is 0 Å². The minimum absolute atomic E-state index is 0.263. The number of hydrogen-bond donors (Lipinski definition) is 2. The predicted octanol–water partition coefficient (Wildman–Crippen LogP) is 1.96. The maximum atomic E-state index is 11.8. The van der Waals surface area contributed by atoms with Crippen LogP contribution < -0.4 is 20.1 Å². The number of rotatable bonds is 5. The zero-order valence-electron chi connectivity index (χ0n) is 13.0. The van der Waals surface area contributed by atoms with Gasteiger partial charge in [0.2, 0.25) is 0 Å². The Kier molecular flexibility index (Phi) is 5.57. The molecule has 6 heteroatoms. The van der Waals surface area contributed by atoms with Gasteiger partial charge in [-0.05, 0) is 42.0 Å². The lowest BCUT2D eigenvalue weighted by Crippen LogP contribution is -2.34. The van der Waals surface area contributed by atoms with E-state index in [2.05, 4.69) is 10.6 Å². The molecule has 0 unspecified atom stereocenters. The lowest BCUT2D eigenvalue weighted by Gasteiger charge is -2.08. The topological polar surface area (TPSA) is 76.7 Å². The lowest BCUT2D eigenvalue weighted by molar-refractivity contribution is -0.136. The smallest absolute Gasteiger partial charge is 0.313 e. The Bertz CT molecular complexity index is 666. The molecule has 0 spiro atoms. The predicted molar refractivity (Wildman–Crippen MR) is 86.5 cm³/mol. The van der Waals surface area contributed by atoms with Crippen molar-refractivity contribution in [1.29, 1.82) is 0 Å². The first-order chi connectivity index (χ1) is 11.1. The quantitative estimate of drug-likeness (QED) is 0.827. The highest BCUT2D eigenvalue weighted by Gasteiger charge is 2.13. The van der Waals surface area contributed by atoms with E-state index in [0.717, 1.165) is 11.3 Å². The normalized spacial score (nSPS) is 9.83. The van der Waals surface area contributed by atoms with Crippen molar-refractivity contribution in [3.8, 4) is 11.5 Å². The number of amides is 2. The van der Waals surface area contributed by atoms with Crippen LogP contribution in [0.4, 0.5) is 5.69 Å². The van der Waals surface area contributed by atoms with E-state index in [9.17, 15) is 9.59 Å². The van der Waals surface area contributed by atoms with Crippen molar-refractivity contribution in [3.63, 3.8) is 0 Å². The second-order valence-corrected chi connectivity index (χ2v) is 4.71. The number of hydrogen-bond acceptors (Lipinski definition) is 4. The number of carbonyl (C=O) groups is 2. The van der Waals surface area contributed by atoms with Crippen LogP contribution >= 0.6 is 0 Å². The molecule has 0 heterocycles. The van der Waals surface area contributed by atoms with Crippen LogP contribution in [0.15, 0.2) is 48.5 Å². The van der Waals surface area contributed by atoms with Crippen LogP contribution in [0.25, 0.3) is 0 Å². The van der Waals surface area contributed by atoms with Gasteiger partial charge in [0.05, 0.1) is 14.2 Å². The molecule has 0 aliphatic heterocycles. The molecule has 0 atom stereocenters. The molecule has 0 aliphatic rings. The summed E-state index contributed by atoms with van der Waals surface area (Å²) in [5, 5.41) is 5.08. The molecule has 2 amide bonds. The highest BCUT2D eigenvalue weighted by molar-refractivity contribution is 6.39. The Morgan fingerprint density at radius 3 is 1.87 bits per heavy atom. The van der Waals surface area contributed by atoms with Gasteiger partial charge in [-0.3, -0.25) is 9.59 Å². The molecule has 6 nitrogen and oxygen atoms in total. The van der Waals surface area contributed by atoms with Gasteiger partial charge in [0.1, 0.15) is 11.5 Å². The first-order valence-corrected chi connectivity index (χ1v) is 6.98. The number of methoxy groups -OCH3 is 2. The SMILES string of the molecule is COc1ccc(CNC(=O)C(=O)Nc2ccc(OC)cc2)cc1. The van der Waals surface area contributed by atoms with Gasteiger partial charge in [0.25, 0.3) is 0 Å². The summed E-state index contributed by atoms with van der Waals surface area (Å²) >= 11 is 0. The van der Waals surface area contributed by atoms with Crippen molar-refractivity contribution in [2.24, 2.45) is 0 Å². The third-order valence-corrected chi connectivity index (χ3v) is 3.17. The van der Waals surface area contributed by atoms with Crippen LogP contribution in [0.3, 0.4) is 0 Å². The van der Waals surface area contributed by atoms with Crippen LogP contribution in [0.2, 0.25) is 0 Å². The summed E-state index contributed by atoms with van der Waals surface area (Å²) in [5.74, 6) is -0.00963. The Hall–Kier alpha value is -3.02. The molecule has 2 N–H and O–H groups in total. The third-order valence-electron chi connectivity index (χ3n) is 3.17. The van der Waals surface area contributed by atoms with Crippen molar-refractivity contribution < 1.29 is 19.1 Å². The molecule has 0 fully saturated rings. The molecule has 23 heavy (non-hydrogen) atoms. The zero-order valence-corrected chi connectivity index (χ0v) is 13.0. The van der Waals surface area contributed by atoms with Crippen LogP contribution in [0.1, 0.15) is 5.56 Å². The number of anilines is 1. The summed E-state index contributed by atoms with van der Waals surface area (Å²) in [5.41, 5.74) is 1.40. The average Bonchev–Trinajstić information content (AvgIpc) is 2.60. The second-order valence-electron chi connectivity index (χ2n) is 4.71. The maximum Gasteiger partial charge on any atom is 0.313 e. The Balaban J connectivity index is 1.85. The van der Waals surface area contributed by atoms with Crippen LogP contribution in [0, 0.1) is 0 Å². The fourth-order valence-corrected chi connectivity index (χ4v) is 1.87. The molecule has 2 aromatic rings. The largest absolute Gasteiger partial charge is 0.497 e. The zero-order chi connectivity index (χ0) is 16.7. The van der Waals surface area contributed by atoms with E-state index in [0.29, 0.717) is 11.4 Å². The fourth-order valence-electron chi connectivity index (χ4n) is 1.87. The minimum Gasteiger partial charge on any atom is -0.497 e. The summed E-state index contributed by atoms with van der Waals surface area (Å²) in [4.78, 5) is 23.6. The molecule has 0 aromatic heterocycles. The van der Waals surface area contributed by atoms with Crippen molar-refractivity contribution in [1.82, 2.24) is 5.32 Å². The van der Waals surface area contributed by atoms with Crippen molar-refractivity contribution >= 4 is 17.5 Å². The maximum absolute atomic E-state index is 11.8. The van der Waals surface area contributed by atoms with Crippen LogP contribution in [0.5, 0.6) is 11.5 Å². The van der Waals surface area contributed by atoms with E-state index in [1.807, 2.05) is 12.1 Å². The first-order valence-electron chi connectivity index (χ1n) is 6.98. The monoisotopic (exact) mass is 314 g/mol. The molecule has 0 radical (unpaired) electrons. The van der Waals surface area contributed by atoms with Gasteiger partial charge in [0, 0.05) is 12.2 Å². The summed E-state index contributed by atoms with van der Waals surface area (Å²) in [6.45, 7) is 0.263. The van der Waals surface area contributed by atoms with Gasteiger partial charge in [-0.25, -0.2) is 0 Å². The van der Waals surface area contributed by atoms with Crippen LogP contribution in [-0.2, 0) is 16.1 Å². The minimum atomic E-state index is -0.719. The highest BCUT2D eigenvalue weighted by atomic mass is 16.5. The Morgan fingerprint density at radius 1 is 0.826 bits per heavy atom. The molecule has 2 aromatic carbocycles. The second kappa shape index (κ2) is 7.84. The average molecular weight is 314 g/mol.